The molecule has 0 aromatic heterocycles. The van der Waals surface area contributed by atoms with Crippen molar-refractivity contribution in [2.75, 3.05) is 6.61 Å². The van der Waals surface area contributed by atoms with Crippen molar-refractivity contribution < 1.29 is 14.3 Å². The van der Waals surface area contributed by atoms with Crippen molar-refractivity contribution in [2.24, 2.45) is 28.6 Å². The summed E-state index contributed by atoms with van der Waals surface area (Å²) in [5.74, 6) is 2.42. The van der Waals surface area contributed by atoms with E-state index in [1.54, 1.807) is 6.08 Å². The molecule has 25 heavy (non-hydrogen) atoms. The topological polar surface area (TPSA) is 43.4 Å². The lowest BCUT2D eigenvalue weighted by Crippen LogP contribution is -2.54. The second-order valence-corrected chi connectivity index (χ2v) is 9.60. The van der Waals surface area contributed by atoms with Gasteiger partial charge in [0.15, 0.2) is 11.6 Å². The molecule has 5 rings (SSSR count). The highest BCUT2D eigenvalue weighted by Gasteiger charge is 2.66. The number of hydrogen-bond donors (Lipinski definition) is 0. The Kier molecular flexibility index (Phi) is 3.16. The van der Waals surface area contributed by atoms with Gasteiger partial charge in [-0.3, -0.25) is 9.59 Å². The molecule has 3 nitrogen and oxygen atoms in total. The molecule has 0 bridgehead atoms. The molecule has 1 spiro atoms. The predicted octanol–water partition coefficient (Wildman–Crippen LogP) is 4.02. The van der Waals surface area contributed by atoms with Gasteiger partial charge in [-0.05, 0) is 68.4 Å². The first-order chi connectivity index (χ1) is 11.9. The Hall–Kier alpha value is -1.22. The second-order valence-electron chi connectivity index (χ2n) is 9.60. The van der Waals surface area contributed by atoms with Gasteiger partial charge in [0.1, 0.15) is 6.61 Å². The van der Waals surface area contributed by atoms with Crippen LogP contribution in [0.5, 0.6) is 0 Å². The van der Waals surface area contributed by atoms with Crippen LogP contribution in [0.15, 0.2) is 23.8 Å². The van der Waals surface area contributed by atoms with E-state index in [2.05, 4.69) is 19.9 Å². The summed E-state index contributed by atoms with van der Waals surface area (Å²) in [7, 11) is 0. The third kappa shape index (κ3) is 1.91. The Balaban J connectivity index is 1.50. The number of rotatable bonds is 0. The van der Waals surface area contributed by atoms with Crippen LogP contribution < -0.4 is 0 Å². The predicted molar refractivity (Wildman–Crippen MR) is 94.9 cm³/mol. The maximum absolute atomic E-state index is 12.0. The van der Waals surface area contributed by atoms with Gasteiger partial charge in [-0.2, -0.15) is 0 Å². The van der Waals surface area contributed by atoms with E-state index < -0.39 is 0 Å². The lowest BCUT2D eigenvalue weighted by molar-refractivity contribution is -0.130. The van der Waals surface area contributed by atoms with Crippen LogP contribution >= 0.6 is 0 Å². The Morgan fingerprint density at radius 2 is 1.88 bits per heavy atom. The summed E-state index contributed by atoms with van der Waals surface area (Å²) in [4.78, 5) is 23.8. The van der Waals surface area contributed by atoms with Crippen LogP contribution in [0.3, 0.4) is 0 Å². The standard InChI is InChI=1S/C22H28O3/c1-20-8-5-15(23)11-14(20)3-4-17-18(20)6-9-21(2)19(17)7-10-22(21)12-16(24)13-25-22/h5,8,11,17-19H,3-4,6-7,9-10,12-13H2,1-2H3/t17-,18+,19+,20+,21+,22?/m1/s1. The molecule has 1 unspecified atom stereocenters. The molecule has 0 radical (unpaired) electrons. The molecule has 3 saturated carbocycles. The zero-order valence-corrected chi connectivity index (χ0v) is 15.3. The molecule has 1 heterocycles. The molecular weight excluding hydrogens is 312 g/mol. The summed E-state index contributed by atoms with van der Waals surface area (Å²) in [5, 5.41) is 0. The summed E-state index contributed by atoms with van der Waals surface area (Å²) in [6.45, 7) is 5.08. The van der Waals surface area contributed by atoms with Crippen molar-refractivity contribution >= 4 is 11.6 Å². The largest absolute Gasteiger partial charge is 0.366 e. The van der Waals surface area contributed by atoms with E-state index in [4.69, 9.17) is 4.74 Å². The minimum absolute atomic E-state index is 0.0558. The van der Waals surface area contributed by atoms with Crippen molar-refractivity contribution in [3.8, 4) is 0 Å². The fourth-order valence-corrected chi connectivity index (χ4v) is 7.46. The number of Topliss-reactive ketones (excluding diaryl/α,β-unsaturated/α-hetero) is 1. The van der Waals surface area contributed by atoms with Gasteiger partial charge in [-0.1, -0.05) is 25.5 Å². The summed E-state index contributed by atoms with van der Waals surface area (Å²) in [6, 6.07) is 0. The molecular formula is C22H28O3. The summed E-state index contributed by atoms with van der Waals surface area (Å²) < 4.78 is 6.19. The first-order valence-electron chi connectivity index (χ1n) is 9.98. The van der Waals surface area contributed by atoms with Crippen LogP contribution in [-0.2, 0) is 14.3 Å². The van der Waals surface area contributed by atoms with Gasteiger partial charge in [0, 0.05) is 17.3 Å². The van der Waals surface area contributed by atoms with Gasteiger partial charge in [-0.15, -0.1) is 0 Å². The number of hydrogen-bond acceptors (Lipinski definition) is 3. The van der Waals surface area contributed by atoms with Gasteiger partial charge in [0.25, 0.3) is 0 Å². The third-order valence-corrected chi connectivity index (χ3v) is 8.84. The Bertz CT molecular complexity index is 719. The minimum Gasteiger partial charge on any atom is -0.366 e. The number of allylic oxidation sites excluding steroid dienone is 4. The number of fused-ring (bicyclic) bond motifs is 6. The van der Waals surface area contributed by atoms with Gasteiger partial charge in [0.05, 0.1) is 5.60 Å². The molecule has 134 valence electrons. The zero-order chi connectivity index (χ0) is 17.4. The lowest BCUT2D eigenvalue weighted by Gasteiger charge is -2.58. The average Bonchev–Trinajstić information content (AvgIpc) is 3.10. The van der Waals surface area contributed by atoms with Gasteiger partial charge >= 0.3 is 0 Å². The smallest absolute Gasteiger partial charge is 0.178 e. The Labute approximate surface area is 149 Å². The van der Waals surface area contributed by atoms with Gasteiger partial charge in [0.2, 0.25) is 0 Å². The van der Waals surface area contributed by atoms with E-state index >= 15 is 0 Å². The average molecular weight is 340 g/mol. The number of carbonyl (C=O) groups excluding carboxylic acids is 2. The normalized spacial score (nSPS) is 51.3. The van der Waals surface area contributed by atoms with Crippen LogP contribution in [-0.4, -0.2) is 23.8 Å². The molecule has 0 aromatic rings. The van der Waals surface area contributed by atoms with E-state index in [1.807, 2.05) is 6.08 Å². The van der Waals surface area contributed by atoms with E-state index in [-0.39, 0.29) is 22.2 Å². The van der Waals surface area contributed by atoms with Crippen molar-refractivity contribution in [1.29, 1.82) is 0 Å². The quantitative estimate of drug-likeness (QED) is 0.669. The first-order valence-corrected chi connectivity index (χ1v) is 9.98. The maximum atomic E-state index is 12.0. The van der Waals surface area contributed by atoms with Gasteiger partial charge < -0.3 is 4.74 Å². The molecule has 1 saturated heterocycles. The summed E-state index contributed by atoms with van der Waals surface area (Å²) >= 11 is 0. The van der Waals surface area contributed by atoms with E-state index in [0.717, 1.165) is 19.3 Å². The zero-order valence-electron chi connectivity index (χ0n) is 15.3. The molecule has 0 amide bonds. The molecule has 4 aliphatic carbocycles. The molecule has 0 aromatic carbocycles. The highest BCUT2D eigenvalue weighted by Crippen LogP contribution is 2.68. The fraction of sp³-hybridized carbons (Fsp3) is 0.727. The van der Waals surface area contributed by atoms with Crippen molar-refractivity contribution in [3.05, 3.63) is 23.8 Å². The summed E-state index contributed by atoms with van der Waals surface area (Å²) in [6.07, 6.45) is 13.3. The van der Waals surface area contributed by atoms with Crippen LogP contribution in [0.1, 0.15) is 58.8 Å². The van der Waals surface area contributed by atoms with Crippen LogP contribution in [0.2, 0.25) is 0 Å². The third-order valence-electron chi connectivity index (χ3n) is 8.84. The first kappa shape index (κ1) is 16.0. The highest BCUT2D eigenvalue weighted by molar-refractivity contribution is 6.01. The SMILES string of the molecule is C[C@]12C=CC(=O)C=C1CC[C@@H]1[C@@H]2CC[C@@]2(C)[C@H]1CCC21CC(=O)CO1. The van der Waals surface area contributed by atoms with E-state index in [1.165, 1.54) is 24.8 Å². The molecule has 1 aliphatic heterocycles. The lowest BCUT2D eigenvalue weighted by atomic mass is 9.47. The number of ketones is 2. The van der Waals surface area contributed by atoms with Gasteiger partial charge in [-0.25, -0.2) is 0 Å². The van der Waals surface area contributed by atoms with Crippen molar-refractivity contribution in [2.45, 2.75) is 64.4 Å². The van der Waals surface area contributed by atoms with Crippen molar-refractivity contribution in [1.82, 2.24) is 0 Å². The van der Waals surface area contributed by atoms with E-state index in [0.29, 0.717) is 36.6 Å². The number of ether oxygens (including phenoxy) is 1. The second kappa shape index (κ2) is 4.94. The molecule has 6 atom stereocenters. The Morgan fingerprint density at radius 3 is 2.64 bits per heavy atom. The fourth-order valence-electron chi connectivity index (χ4n) is 7.46. The monoisotopic (exact) mass is 340 g/mol. The molecule has 5 aliphatic rings. The van der Waals surface area contributed by atoms with Crippen molar-refractivity contribution in [3.63, 3.8) is 0 Å². The minimum atomic E-state index is -0.185. The van der Waals surface area contributed by atoms with Crippen LogP contribution in [0, 0.1) is 28.6 Å². The van der Waals surface area contributed by atoms with Crippen LogP contribution in [0.4, 0.5) is 0 Å². The van der Waals surface area contributed by atoms with Crippen LogP contribution in [0.25, 0.3) is 0 Å². The number of carbonyl (C=O) groups is 2. The molecule has 3 heteroatoms. The van der Waals surface area contributed by atoms with E-state index in [9.17, 15) is 9.59 Å². The summed E-state index contributed by atoms with van der Waals surface area (Å²) in [5.41, 5.74) is 1.37. The molecule has 0 N–H and O–H groups in total. The maximum Gasteiger partial charge on any atom is 0.178 e. The Morgan fingerprint density at radius 1 is 1.08 bits per heavy atom. The molecule has 4 fully saturated rings. The highest BCUT2D eigenvalue weighted by atomic mass is 16.5.